The van der Waals surface area contributed by atoms with Crippen LogP contribution in [-0.2, 0) is 11.3 Å². The van der Waals surface area contributed by atoms with Gasteiger partial charge in [0.25, 0.3) is 0 Å². The van der Waals surface area contributed by atoms with Gasteiger partial charge in [-0.05, 0) is 12.3 Å². The van der Waals surface area contributed by atoms with Gasteiger partial charge in [-0.3, -0.25) is 4.68 Å². The summed E-state index contributed by atoms with van der Waals surface area (Å²) in [6.45, 7) is 6.99. The third kappa shape index (κ3) is 4.66. The Morgan fingerprint density at radius 3 is 3.06 bits per heavy atom. The summed E-state index contributed by atoms with van der Waals surface area (Å²) in [7, 11) is 1.70. The third-order valence-electron chi connectivity index (χ3n) is 2.58. The van der Waals surface area contributed by atoms with Gasteiger partial charge in [-0.25, -0.2) is 0 Å². The molecule has 0 aliphatic heterocycles. The maximum atomic E-state index is 5.00. The zero-order valence-electron chi connectivity index (χ0n) is 10.6. The minimum absolute atomic E-state index is 0.702. The Balaban J connectivity index is 2.28. The fraction of sp³-hybridized carbons (Fsp3) is 0.750. The van der Waals surface area contributed by atoms with E-state index in [4.69, 9.17) is 4.74 Å². The van der Waals surface area contributed by atoms with Gasteiger partial charge in [-0.15, -0.1) is 0 Å². The molecule has 1 rings (SSSR count). The number of hydrogen-bond donors (Lipinski definition) is 1. The van der Waals surface area contributed by atoms with Crippen molar-refractivity contribution in [2.75, 3.05) is 25.6 Å². The molecule has 1 atom stereocenters. The molecule has 0 amide bonds. The van der Waals surface area contributed by atoms with E-state index >= 15 is 0 Å². The van der Waals surface area contributed by atoms with Gasteiger partial charge in [0.1, 0.15) is 5.82 Å². The molecule has 1 aromatic heterocycles. The molecule has 0 saturated carbocycles. The second-order valence-corrected chi connectivity index (χ2v) is 4.23. The summed E-state index contributed by atoms with van der Waals surface area (Å²) in [6.07, 6.45) is 4.48. The van der Waals surface area contributed by atoms with Crippen LogP contribution in [0, 0.1) is 5.92 Å². The summed E-state index contributed by atoms with van der Waals surface area (Å²) in [6, 6.07) is 2.01. The van der Waals surface area contributed by atoms with Gasteiger partial charge >= 0.3 is 0 Å². The first-order valence-corrected chi connectivity index (χ1v) is 6.02. The largest absolute Gasteiger partial charge is 0.383 e. The molecule has 0 saturated heterocycles. The Morgan fingerprint density at radius 2 is 2.38 bits per heavy atom. The SMILES string of the molecule is CCCC(C)CNc1ccn(CCOC)n1. The molecular weight excluding hydrogens is 202 g/mol. The summed E-state index contributed by atoms with van der Waals surface area (Å²) in [5.41, 5.74) is 0. The summed E-state index contributed by atoms with van der Waals surface area (Å²) < 4.78 is 6.90. The lowest BCUT2D eigenvalue weighted by Gasteiger charge is -2.10. The van der Waals surface area contributed by atoms with Crippen LogP contribution in [-0.4, -0.2) is 30.0 Å². The smallest absolute Gasteiger partial charge is 0.147 e. The van der Waals surface area contributed by atoms with Crippen molar-refractivity contribution in [3.05, 3.63) is 12.3 Å². The lowest BCUT2D eigenvalue weighted by atomic mass is 10.1. The van der Waals surface area contributed by atoms with E-state index in [9.17, 15) is 0 Å². The van der Waals surface area contributed by atoms with Crippen LogP contribution in [0.4, 0.5) is 5.82 Å². The average Bonchev–Trinajstić information content (AvgIpc) is 2.72. The van der Waals surface area contributed by atoms with Crippen LogP contribution in [0.3, 0.4) is 0 Å². The molecule has 0 bridgehead atoms. The molecule has 16 heavy (non-hydrogen) atoms. The number of nitrogens with one attached hydrogen (secondary N) is 1. The van der Waals surface area contributed by atoms with Gasteiger partial charge in [0, 0.05) is 25.9 Å². The Kier molecular flexibility index (Phi) is 5.93. The van der Waals surface area contributed by atoms with Crippen molar-refractivity contribution < 1.29 is 4.74 Å². The highest BCUT2D eigenvalue weighted by Gasteiger charge is 2.02. The molecule has 0 aliphatic rings. The first kappa shape index (κ1) is 13.0. The molecule has 4 nitrogen and oxygen atoms in total. The maximum Gasteiger partial charge on any atom is 0.147 e. The van der Waals surface area contributed by atoms with Gasteiger partial charge in [-0.2, -0.15) is 5.10 Å². The van der Waals surface area contributed by atoms with E-state index in [0.29, 0.717) is 12.5 Å². The molecular formula is C12H23N3O. The van der Waals surface area contributed by atoms with Crippen LogP contribution >= 0.6 is 0 Å². The fourth-order valence-electron chi connectivity index (χ4n) is 1.64. The quantitative estimate of drug-likeness (QED) is 0.738. The molecule has 1 aromatic rings. The van der Waals surface area contributed by atoms with E-state index < -0.39 is 0 Å². The summed E-state index contributed by atoms with van der Waals surface area (Å²) in [5, 5.41) is 7.76. The Hall–Kier alpha value is -1.03. The van der Waals surface area contributed by atoms with Gasteiger partial charge in [0.15, 0.2) is 0 Å². The highest BCUT2D eigenvalue weighted by molar-refractivity contribution is 5.31. The van der Waals surface area contributed by atoms with E-state index in [1.54, 1.807) is 7.11 Å². The minimum atomic E-state index is 0.702. The Morgan fingerprint density at radius 1 is 1.56 bits per heavy atom. The molecule has 4 heteroatoms. The number of anilines is 1. The third-order valence-corrected chi connectivity index (χ3v) is 2.58. The number of rotatable bonds is 8. The normalized spacial score (nSPS) is 12.7. The first-order chi connectivity index (χ1) is 7.76. The molecule has 0 aliphatic carbocycles. The molecule has 1 unspecified atom stereocenters. The van der Waals surface area contributed by atoms with Crippen LogP contribution < -0.4 is 5.32 Å². The average molecular weight is 225 g/mol. The fourth-order valence-corrected chi connectivity index (χ4v) is 1.64. The van der Waals surface area contributed by atoms with E-state index in [1.165, 1.54) is 12.8 Å². The van der Waals surface area contributed by atoms with E-state index in [2.05, 4.69) is 24.3 Å². The van der Waals surface area contributed by atoms with Crippen molar-refractivity contribution >= 4 is 5.82 Å². The van der Waals surface area contributed by atoms with E-state index in [-0.39, 0.29) is 0 Å². The van der Waals surface area contributed by atoms with E-state index in [0.717, 1.165) is 18.9 Å². The van der Waals surface area contributed by atoms with Gasteiger partial charge in [0.2, 0.25) is 0 Å². The highest BCUT2D eigenvalue weighted by Crippen LogP contribution is 2.08. The lowest BCUT2D eigenvalue weighted by molar-refractivity contribution is 0.183. The number of methoxy groups -OCH3 is 1. The van der Waals surface area contributed by atoms with Crippen LogP contribution in [0.5, 0.6) is 0 Å². The topological polar surface area (TPSA) is 39.1 Å². The molecule has 1 heterocycles. The molecule has 1 N–H and O–H groups in total. The van der Waals surface area contributed by atoms with Crippen molar-refractivity contribution in [3.8, 4) is 0 Å². The zero-order chi connectivity index (χ0) is 11.8. The first-order valence-electron chi connectivity index (χ1n) is 6.02. The second kappa shape index (κ2) is 7.28. The number of hydrogen-bond acceptors (Lipinski definition) is 3. The predicted molar refractivity (Wildman–Crippen MR) is 66.7 cm³/mol. The molecule has 0 radical (unpaired) electrons. The monoisotopic (exact) mass is 225 g/mol. The van der Waals surface area contributed by atoms with Crippen LogP contribution in [0.2, 0.25) is 0 Å². The van der Waals surface area contributed by atoms with Crippen molar-refractivity contribution in [2.24, 2.45) is 5.92 Å². The zero-order valence-corrected chi connectivity index (χ0v) is 10.6. The van der Waals surface area contributed by atoms with E-state index in [1.807, 2.05) is 16.9 Å². The van der Waals surface area contributed by atoms with Crippen molar-refractivity contribution in [1.82, 2.24) is 9.78 Å². The number of nitrogens with zero attached hydrogens (tertiary/aromatic N) is 2. The van der Waals surface area contributed by atoms with Crippen molar-refractivity contribution in [2.45, 2.75) is 33.2 Å². The predicted octanol–water partition coefficient (Wildman–Crippen LogP) is 2.38. The van der Waals surface area contributed by atoms with Gasteiger partial charge < -0.3 is 10.1 Å². The summed E-state index contributed by atoms with van der Waals surface area (Å²) >= 11 is 0. The summed E-state index contributed by atoms with van der Waals surface area (Å²) in [5.74, 6) is 1.66. The van der Waals surface area contributed by atoms with Crippen molar-refractivity contribution in [1.29, 1.82) is 0 Å². The van der Waals surface area contributed by atoms with Crippen LogP contribution in [0.15, 0.2) is 12.3 Å². The van der Waals surface area contributed by atoms with Gasteiger partial charge in [0.05, 0.1) is 13.2 Å². The standard InChI is InChI=1S/C12H23N3O/c1-4-5-11(2)10-13-12-6-7-15(14-12)8-9-16-3/h6-7,11H,4-5,8-10H2,1-3H3,(H,13,14). The minimum Gasteiger partial charge on any atom is -0.383 e. The molecule has 92 valence electrons. The lowest BCUT2D eigenvalue weighted by Crippen LogP contribution is -2.12. The van der Waals surface area contributed by atoms with Crippen LogP contribution in [0.25, 0.3) is 0 Å². The highest BCUT2D eigenvalue weighted by atomic mass is 16.5. The number of aromatic nitrogens is 2. The maximum absolute atomic E-state index is 5.00. The van der Waals surface area contributed by atoms with Crippen molar-refractivity contribution in [3.63, 3.8) is 0 Å². The second-order valence-electron chi connectivity index (χ2n) is 4.23. The Bertz CT molecular complexity index is 286. The van der Waals surface area contributed by atoms with Gasteiger partial charge in [-0.1, -0.05) is 20.3 Å². The van der Waals surface area contributed by atoms with Crippen LogP contribution in [0.1, 0.15) is 26.7 Å². The number of ether oxygens (including phenoxy) is 1. The molecule has 0 spiro atoms. The summed E-state index contributed by atoms with van der Waals surface area (Å²) in [4.78, 5) is 0. The Labute approximate surface area is 98.0 Å². The molecule has 0 fully saturated rings. The molecule has 0 aromatic carbocycles.